The number of fused-ring (bicyclic) bond motifs is 1. The van der Waals surface area contributed by atoms with Crippen LogP contribution in [0.2, 0.25) is 5.02 Å². The van der Waals surface area contributed by atoms with Crippen LogP contribution in [0.3, 0.4) is 0 Å². The molecule has 2 aromatic carbocycles. The summed E-state index contributed by atoms with van der Waals surface area (Å²) in [5, 5.41) is 3.31. The quantitative estimate of drug-likeness (QED) is 0.612. The third-order valence-corrected chi connectivity index (χ3v) is 5.82. The van der Waals surface area contributed by atoms with Crippen molar-refractivity contribution in [3.63, 3.8) is 0 Å². The Kier molecular flexibility index (Phi) is 5.65. The lowest BCUT2D eigenvalue weighted by molar-refractivity contribution is 0.0910. The van der Waals surface area contributed by atoms with Crippen LogP contribution in [0.4, 0.5) is 5.69 Å². The third-order valence-electron chi connectivity index (χ3n) is 5.57. The first-order chi connectivity index (χ1) is 15.2. The number of aromatic nitrogens is 1. The molecule has 32 heavy (non-hydrogen) atoms. The predicted molar refractivity (Wildman–Crippen MR) is 124 cm³/mol. The van der Waals surface area contributed by atoms with Crippen molar-refractivity contribution < 1.29 is 14.3 Å². The van der Waals surface area contributed by atoms with E-state index in [9.17, 15) is 14.4 Å². The lowest BCUT2D eigenvalue weighted by atomic mass is 9.73. The second kappa shape index (κ2) is 8.28. The summed E-state index contributed by atoms with van der Waals surface area (Å²) < 4.78 is 6.55. The fourth-order valence-corrected chi connectivity index (χ4v) is 4.19. The lowest BCUT2D eigenvalue weighted by Crippen LogP contribution is -2.37. The summed E-state index contributed by atoms with van der Waals surface area (Å²) in [4.78, 5) is 39.9. The first-order valence-corrected chi connectivity index (χ1v) is 10.6. The topological polar surface area (TPSA) is 77.4 Å². The van der Waals surface area contributed by atoms with Gasteiger partial charge in [0.15, 0.2) is 5.78 Å². The number of benzene rings is 2. The molecule has 0 aliphatic heterocycles. The van der Waals surface area contributed by atoms with Crippen LogP contribution in [0.5, 0.6) is 5.75 Å². The smallest absolute Gasteiger partial charge is 0.268 e. The molecule has 164 valence electrons. The SMILES string of the molecule is COc1cccc(NC(=O)c2c3c(cn(-c4ccc(Cl)cc4)c2=O)C(=O)CC(C)(C)C3)c1. The maximum atomic E-state index is 13.5. The number of halogens is 1. The Morgan fingerprint density at radius 1 is 1.09 bits per heavy atom. The molecule has 4 rings (SSSR count). The van der Waals surface area contributed by atoms with Gasteiger partial charge in [-0.3, -0.25) is 19.0 Å². The molecule has 0 atom stereocenters. The Morgan fingerprint density at radius 2 is 1.81 bits per heavy atom. The number of methoxy groups -OCH3 is 1. The second-order valence-corrected chi connectivity index (χ2v) is 9.11. The van der Waals surface area contributed by atoms with E-state index in [0.717, 1.165) is 0 Å². The van der Waals surface area contributed by atoms with Crippen LogP contribution in [0.25, 0.3) is 5.69 Å². The normalized spacial score (nSPS) is 14.6. The Balaban J connectivity index is 1.89. The van der Waals surface area contributed by atoms with Gasteiger partial charge in [-0.25, -0.2) is 0 Å². The predicted octanol–water partition coefficient (Wildman–Crippen LogP) is 4.91. The van der Waals surface area contributed by atoms with Crippen LogP contribution in [0, 0.1) is 5.41 Å². The molecule has 1 N–H and O–H groups in total. The number of nitrogens with one attached hydrogen (secondary N) is 1. The van der Waals surface area contributed by atoms with Crippen molar-refractivity contribution in [2.24, 2.45) is 5.41 Å². The fourth-order valence-electron chi connectivity index (χ4n) is 4.07. The van der Waals surface area contributed by atoms with E-state index in [1.807, 2.05) is 13.8 Å². The Morgan fingerprint density at radius 3 is 2.50 bits per heavy atom. The van der Waals surface area contributed by atoms with Gasteiger partial charge in [0.1, 0.15) is 11.3 Å². The molecule has 1 aliphatic rings. The average Bonchev–Trinajstić information content (AvgIpc) is 2.73. The average molecular weight is 451 g/mol. The number of pyridine rings is 1. The second-order valence-electron chi connectivity index (χ2n) is 8.67. The highest BCUT2D eigenvalue weighted by atomic mass is 35.5. The molecule has 1 heterocycles. The first-order valence-electron chi connectivity index (χ1n) is 10.2. The van der Waals surface area contributed by atoms with Crippen molar-refractivity contribution in [3.05, 3.63) is 86.8 Å². The summed E-state index contributed by atoms with van der Waals surface area (Å²) in [6.07, 6.45) is 2.34. The Hall–Kier alpha value is -3.38. The Bertz CT molecular complexity index is 1280. The van der Waals surface area contributed by atoms with Gasteiger partial charge in [-0.15, -0.1) is 0 Å². The zero-order valence-corrected chi connectivity index (χ0v) is 18.8. The van der Waals surface area contributed by atoms with E-state index in [0.29, 0.717) is 46.1 Å². The van der Waals surface area contributed by atoms with Crippen molar-refractivity contribution in [1.29, 1.82) is 0 Å². The molecular weight excluding hydrogens is 428 g/mol. The number of Topliss-reactive ketones (excluding diaryl/α,β-unsaturated/α-hetero) is 1. The molecule has 0 saturated heterocycles. The van der Waals surface area contributed by atoms with E-state index >= 15 is 0 Å². The van der Waals surface area contributed by atoms with Crippen LogP contribution < -0.4 is 15.6 Å². The molecule has 0 radical (unpaired) electrons. The molecule has 0 fully saturated rings. The number of nitrogens with zero attached hydrogens (tertiary/aromatic N) is 1. The minimum atomic E-state index is -0.562. The number of amides is 1. The van der Waals surface area contributed by atoms with Crippen molar-refractivity contribution in [1.82, 2.24) is 4.57 Å². The molecule has 1 amide bonds. The van der Waals surface area contributed by atoms with Gasteiger partial charge in [0.25, 0.3) is 11.5 Å². The van der Waals surface area contributed by atoms with E-state index < -0.39 is 11.5 Å². The van der Waals surface area contributed by atoms with Crippen molar-refractivity contribution in [2.75, 3.05) is 12.4 Å². The third kappa shape index (κ3) is 4.18. The molecule has 6 nitrogen and oxygen atoms in total. The zero-order valence-electron chi connectivity index (χ0n) is 18.1. The molecular formula is C25H23ClN2O4. The summed E-state index contributed by atoms with van der Waals surface area (Å²) in [6.45, 7) is 3.92. The standard InChI is InChI=1S/C25H23ClN2O4/c1-25(2)12-19-20(21(29)13-25)14-28(17-9-7-15(26)8-10-17)24(31)22(19)23(30)27-16-5-4-6-18(11-16)32-3/h4-11,14H,12-13H2,1-3H3,(H,27,30). The van der Waals surface area contributed by atoms with Gasteiger partial charge < -0.3 is 10.1 Å². The van der Waals surface area contributed by atoms with Gasteiger partial charge >= 0.3 is 0 Å². The summed E-state index contributed by atoms with van der Waals surface area (Å²) in [5.41, 5.74) is 1.03. The van der Waals surface area contributed by atoms with E-state index in [4.69, 9.17) is 16.3 Å². The summed E-state index contributed by atoms with van der Waals surface area (Å²) in [7, 11) is 1.53. The number of rotatable bonds is 4. The van der Waals surface area contributed by atoms with Gasteiger partial charge in [-0.1, -0.05) is 31.5 Å². The maximum absolute atomic E-state index is 13.5. The van der Waals surface area contributed by atoms with Crippen molar-refractivity contribution >= 4 is 29.0 Å². The molecule has 0 bridgehead atoms. The Labute approximate surface area is 190 Å². The lowest BCUT2D eigenvalue weighted by Gasteiger charge is -2.31. The molecule has 7 heteroatoms. The highest BCUT2D eigenvalue weighted by molar-refractivity contribution is 6.30. The molecule has 1 aromatic heterocycles. The van der Waals surface area contributed by atoms with Crippen molar-refractivity contribution in [2.45, 2.75) is 26.7 Å². The minimum Gasteiger partial charge on any atom is -0.497 e. The maximum Gasteiger partial charge on any atom is 0.268 e. The van der Waals surface area contributed by atoms with Crippen LogP contribution >= 0.6 is 11.6 Å². The zero-order chi connectivity index (χ0) is 23.0. The van der Waals surface area contributed by atoms with E-state index in [1.165, 1.54) is 11.7 Å². The fraction of sp³-hybridized carbons (Fsp3) is 0.240. The van der Waals surface area contributed by atoms with Crippen LogP contribution in [-0.4, -0.2) is 23.4 Å². The van der Waals surface area contributed by atoms with E-state index in [1.54, 1.807) is 54.7 Å². The monoisotopic (exact) mass is 450 g/mol. The van der Waals surface area contributed by atoms with Gasteiger partial charge in [0, 0.05) is 40.6 Å². The van der Waals surface area contributed by atoms with Crippen LogP contribution in [0.15, 0.2) is 59.5 Å². The highest BCUT2D eigenvalue weighted by Gasteiger charge is 2.36. The number of hydrogen-bond donors (Lipinski definition) is 1. The van der Waals surface area contributed by atoms with E-state index in [2.05, 4.69) is 5.32 Å². The number of carbonyl (C=O) groups is 2. The van der Waals surface area contributed by atoms with Gasteiger partial charge in [0.2, 0.25) is 0 Å². The number of ether oxygens (including phenoxy) is 1. The van der Waals surface area contributed by atoms with E-state index in [-0.39, 0.29) is 16.8 Å². The molecule has 3 aromatic rings. The number of ketones is 1. The summed E-state index contributed by atoms with van der Waals surface area (Å²) >= 11 is 5.99. The van der Waals surface area contributed by atoms with Gasteiger partial charge in [-0.2, -0.15) is 0 Å². The number of hydrogen-bond acceptors (Lipinski definition) is 4. The number of carbonyl (C=O) groups excluding carboxylic acids is 2. The molecule has 0 saturated carbocycles. The van der Waals surface area contributed by atoms with Crippen LogP contribution in [0.1, 0.15) is 46.5 Å². The largest absolute Gasteiger partial charge is 0.497 e. The van der Waals surface area contributed by atoms with Gasteiger partial charge in [-0.05, 0) is 53.8 Å². The summed E-state index contributed by atoms with van der Waals surface area (Å²) in [5.74, 6) is -0.0736. The molecule has 0 unspecified atom stereocenters. The van der Waals surface area contributed by atoms with Crippen molar-refractivity contribution in [3.8, 4) is 11.4 Å². The number of anilines is 1. The highest BCUT2D eigenvalue weighted by Crippen LogP contribution is 2.36. The molecule has 0 spiro atoms. The molecule has 1 aliphatic carbocycles. The minimum absolute atomic E-state index is 0.0265. The summed E-state index contributed by atoms with van der Waals surface area (Å²) in [6, 6.07) is 13.5. The first kappa shape index (κ1) is 21.8. The van der Waals surface area contributed by atoms with Gasteiger partial charge in [0.05, 0.1) is 7.11 Å². The van der Waals surface area contributed by atoms with Crippen LogP contribution in [-0.2, 0) is 6.42 Å².